The first-order chi connectivity index (χ1) is 9.75. The standard InChI is InChI=1S/C20H34.Na.H/c1-4-5-6-7-8-9-10-11-12-13-16-20-17-14-15-18(2)19(20)3;;/h14-15,17H,4-13,16H2,1-3H3;;/q;+1;-1. The fourth-order valence-corrected chi connectivity index (χ4v) is 2.89. The number of aryl methyl sites for hydroxylation is 2. The van der Waals surface area contributed by atoms with Crippen LogP contribution in [0.3, 0.4) is 0 Å². The number of unbranched alkanes of at least 4 members (excludes halogenated alkanes) is 9. The second kappa shape index (κ2) is 13.9. The predicted octanol–water partition coefficient (Wildman–Crippen LogP) is 3.88. The van der Waals surface area contributed by atoms with E-state index in [9.17, 15) is 0 Å². The van der Waals surface area contributed by atoms with Crippen LogP contribution in [0, 0.1) is 13.8 Å². The van der Waals surface area contributed by atoms with E-state index in [1.54, 1.807) is 5.56 Å². The van der Waals surface area contributed by atoms with E-state index in [1.807, 2.05) is 0 Å². The molecule has 21 heavy (non-hydrogen) atoms. The van der Waals surface area contributed by atoms with Gasteiger partial charge < -0.3 is 1.43 Å². The fourth-order valence-electron chi connectivity index (χ4n) is 2.89. The fraction of sp³-hybridized carbons (Fsp3) is 0.700. The second-order valence-corrected chi connectivity index (χ2v) is 6.29. The first kappa shape index (κ1) is 21.2. The van der Waals surface area contributed by atoms with Crippen LogP contribution in [0.15, 0.2) is 18.2 Å². The first-order valence-electron chi connectivity index (χ1n) is 8.80. The molecule has 1 aromatic rings. The van der Waals surface area contributed by atoms with Crippen molar-refractivity contribution in [2.75, 3.05) is 0 Å². The Bertz CT molecular complexity index is 363. The molecule has 0 unspecified atom stereocenters. The summed E-state index contributed by atoms with van der Waals surface area (Å²) in [5.74, 6) is 0. The van der Waals surface area contributed by atoms with Gasteiger partial charge in [-0.05, 0) is 43.4 Å². The van der Waals surface area contributed by atoms with Crippen molar-refractivity contribution in [3.05, 3.63) is 34.9 Å². The molecule has 0 radical (unpaired) electrons. The monoisotopic (exact) mass is 298 g/mol. The zero-order valence-electron chi connectivity index (χ0n) is 16.0. The first-order valence-corrected chi connectivity index (χ1v) is 8.80. The quantitative estimate of drug-likeness (QED) is 0.429. The zero-order chi connectivity index (χ0) is 14.6. The van der Waals surface area contributed by atoms with E-state index in [1.165, 1.54) is 81.8 Å². The van der Waals surface area contributed by atoms with E-state index in [4.69, 9.17) is 0 Å². The molecule has 0 aliphatic rings. The molecular weight excluding hydrogens is 263 g/mol. The smallest absolute Gasteiger partial charge is 1.00 e. The van der Waals surface area contributed by atoms with Crippen LogP contribution in [-0.2, 0) is 6.42 Å². The van der Waals surface area contributed by atoms with Crippen LogP contribution in [0.1, 0.15) is 89.2 Å². The molecule has 1 aromatic carbocycles. The van der Waals surface area contributed by atoms with Crippen LogP contribution in [0.2, 0.25) is 0 Å². The number of hydrogen-bond donors (Lipinski definition) is 0. The van der Waals surface area contributed by atoms with Gasteiger partial charge in [0.25, 0.3) is 0 Å². The Morgan fingerprint density at radius 3 is 1.86 bits per heavy atom. The maximum Gasteiger partial charge on any atom is 1.00 e. The summed E-state index contributed by atoms with van der Waals surface area (Å²) in [6.45, 7) is 6.77. The summed E-state index contributed by atoms with van der Waals surface area (Å²) in [6, 6.07) is 6.72. The molecule has 0 N–H and O–H groups in total. The average Bonchev–Trinajstić information content (AvgIpc) is 2.45. The molecule has 0 aliphatic heterocycles. The maximum atomic E-state index is 2.30. The van der Waals surface area contributed by atoms with E-state index in [0.717, 1.165) is 0 Å². The average molecular weight is 298 g/mol. The summed E-state index contributed by atoms with van der Waals surface area (Å²) in [7, 11) is 0. The minimum Gasteiger partial charge on any atom is -1.00 e. The topological polar surface area (TPSA) is 0 Å². The maximum absolute atomic E-state index is 2.30. The van der Waals surface area contributed by atoms with Gasteiger partial charge in [0.05, 0.1) is 0 Å². The zero-order valence-corrected chi connectivity index (χ0v) is 17.0. The SMILES string of the molecule is CCCCCCCCCCCCc1cccc(C)c1C.[H-].[Na+]. The molecule has 1 heteroatoms. The summed E-state index contributed by atoms with van der Waals surface area (Å²) in [6.07, 6.45) is 15.5. The van der Waals surface area contributed by atoms with Crippen molar-refractivity contribution in [1.29, 1.82) is 0 Å². The Hall–Kier alpha value is 0.220. The van der Waals surface area contributed by atoms with Gasteiger partial charge in [0.2, 0.25) is 0 Å². The molecule has 0 aliphatic carbocycles. The van der Waals surface area contributed by atoms with Gasteiger partial charge in [-0.25, -0.2) is 0 Å². The largest absolute Gasteiger partial charge is 1.00 e. The van der Waals surface area contributed by atoms with Crippen LogP contribution in [0.5, 0.6) is 0 Å². The summed E-state index contributed by atoms with van der Waals surface area (Å²) >= 11 is 0. The van der Waals surface area contributed by atoms with Gasteiger partial charge in [-0.2, -0.15) is 0 Å². The Morgan fingerprint density at radius 1 is 0.762 bits per heavy atom. The molecule has 0 aromatic heterocycles. The van der Waals surface area contributed by atoms with Crippen LogP contribution in [-0.4, -0.2) is 0 Å². The van der Waals surface area contributed by atoms with Gasteiger partial charge in [0, 0.05) is 0 Å². The van der Waals surface area contributed by atoms with Gasteiger partial charge in [-0.15, -0.1) is 0 Å². The molecule has 0 spiro atoms. The third-order valence-corrected chi connectivity index (χ3v) is 4.52. The van der Waals surface area contributed by atoms with E-state index >= 15 is 0 Å². The van der Waals surface area contributed by atoms with E-state index in [2.05, 4.69) is 39.0 Å². The van der Waals surface area contributed by atoms with Crippen LogP contribution in [0.25, 0.3) is 0 Å². The third kappa shape index (κ3) is 9.76. The number of benzene rings is 1. The van der Waals surface area contributed by atoms with E-state index in [-0.39, 0.29) is 31.0 Å². The normalized spacial score (nSPS) is 10.4. The molecule has 0 nitrogen and oxygen atoms in total. The predicted molar refractivity (Wildman–Crippen MR) is 92.6 cm³/mol. The van der Waals surface area contributed by atoms with Crippen LogP contribution >= 0.6 is 0 Å². The van der Waals surface area contributed by atoms with Crippen molar-refractivity contribution in [3.63, 3.8) is 0 Å². The molecule has 0 saturated carbocycles. The van der Waals surface area contributed by atoms with Crippen molar-refractivity contribution >= 4 is 0 Å². The minimum absolute atomic E-state index is 0. The molecule has 0 fully saturated rings. The van der Waals surface area contributed by atoms with Crippen molar-refractivity contribution in [1.82, 2.24) is 0 Å². The van der Waals surface area contributed by atoms with Gasteiger partial charge in [0.1, 0.15) is 0 Å². The van der Waals surface area contributed by atoms with Crippen molar-refractivity contribution in [3.8, 4) is 0 Å². The van der Waals surface area contributed by atoms with Crippen LogP contribution in [0.4, 0.5) is 0 Å². The Labute approximate surface area is 156 Å². The number of rotatable bonds is 11. The van der Waals surface area contributed by atoms with Crippen molar-refractivity contribution < 1.29 is 31.0 Å². The minimum atomic E-state index is 0. The van der Waals surface area contributed by atoms with Gasteiger partial charge in [-0.1, -0.05) is 82.9 Å². The Morgan fingerprint density at radius 2 is 1.29 bits per heavy atom. The summed E-state index contributed by atoms with van der Waals surface area (Å²) < 4.78 is 0. The second-order valence-electron chi connectivity index (χ2n) is 6.29. The third-order valence-electron chi connectivity index (χ3n) is 4.52. The molecule has 0 heterocycles. The molecule has 0 amide bonds. The molecule has 0 bridgehead atoms. The summed E-state index contributed by atoms with van der Waals surface area (Å²) in [5.41, 5.74) is 4.50. The molecule has 116 valence electrons. The summed E-state index contributed by atoms with van der Waals surface area (Å²) in [4.78, 5) is 0. The Kier molecular flexibility index (Phi) is 14.0. The molecule has 1 rings (SSSR count). The van der Waals surface area contributed by atoms with Gasteiger partial charge in [0.15, 0.2) is 0 Å². The Balaban J connectivity index is 0. The van der Waals surface area contributed by atoms with Crippen molar-refractivity contribution in [2.45, 2.75) is 91.4 Å². The van der Waals surface area contributed by atoms with Gasteiger partial charge in [-0.3, -0.25) is 0 Å². The van der Waals surface area contributed by atoms with Gasteiger partial charge >= 0.3 is 29.6 Å². The van der Waals surface area contributed by atoms with E-state index < -0.39 is 0 Å². The number of hydrogen-bond acceptors (Lipinski definition) is 0. The van der Waals surface area contributed by atoms with Crippen molar-refractivity contribution in [2.24, 2.45) is 0 Å². The summed E-state index contributed by atoms with van der Waals surface area (Å²) in [5, 5.41) is 0. The molecular formula is C20H35Na. The van der Waals surface area contributed by atoms with E-state index in [0.29, 0.717) is 0 Å². The van der Waals surface area contributed by atoms with Crippen LogP contribution < -0.4 is 29.6 Å². The molecule has 0 saturated heterocycles. The molecule has 0 atom stereocenters.